The van der Waals surface area contributed by atoms with E-state index in [1.165, 1.54) is 0 Å². The molecule has 0 radical (unpaired) electrons. The van der Waals surface area contributed by atoms with Crippen molar-refractivity contribution in [1.82, 2.24) is 4.98 Å². The number of rotatable bonds is 5. The minimum absolute atomic E-state index is 0.223. The lowest BCUT2D eigenvalue weighted by Gasteiger charge is -2.04. The fraction of sp³-hybridized carbons (Fsp3) is 0.0588. The number of aromatic carboxylic acids is 1. The summed E-state index contributed by atoms with van der Waals surface area (Å²) in [5.41, 5.74) is 0.792. The van der Waals surface area contributed by atoms with Crippen LogP contribution < -0.4 is 5.32 Å². The van der Waals surface area contributed by atoms with Crippen LogP contribution in [-0.4, -0.2) is 16.1 Å². The molecule has 2 heterocycles. The van der Waals surface area contributed by atoms with Gasteiger partial charge in [-0.25, -0.2) is 9.78 Å². The van der Waals surface area contributed by atoms with Gasteiger partial charge in [-0.3, -0.25) is 0 Å². The van der Waals surface area contributed by atoms with Crippen molar-refractivity contribution >= 4 is 11.8 Å². The second kappa shape index (κ2) is 6.13. The fourth-order valence-electron chi connectivity index (χ4n) is 2.15. The van der Waals surface area contributed by atoms with E-state index in [-0.39, 0.29) is 5.56 Å². The summed E-state index contributed by atoms with van der Waals surface area (Å²) >= 11 is 0. The molecule has 22 heavy (non-hydrogen) atoms. The van der Waals surface area contributed by atoms with E-state index >= 15 is 0 Å². The SMILES string of the molecule is O=C(O)c1ccccc1-c1ccc(CNc2ccccn2)o1. The predicted octanol–water partition coefficient (Wildman–Crippen LogP) is 3.65. The molecule has 0 aliphatic rings. The average molecular weight is 294 g/mol. The molecule has 0 amide bonds. The molecule has 110 valence electrons. The third kappa shape index (κ3) is 2.98. The maximum Gasteiger partial charge on any atom is 0.336 e. The van der Waals surface area contributed by atoms with Crippen molar-refractivity contribution in [3.8, 4) is 11.3 Å². The molecule has 2 N–H and O–H groups in total. The van der Waals surface area contributed by atoms with Crippen LogP contribution in [0.4, 0.5) is 5.82 Å². The van der Waals surface area contributed by atoms with E-state index < -0.39 is 5.97 Å². The first-order chi connectivity index (χ1) is 10.7. The number of hydrogen-bond acceptors (Lipinski definition) is 4. The van der Waals surface area contributed by atoms with Gasteiger partial charge < -0.3 is 14.8 Å². The lowest BCUT2D eigenvalue weighted by Crippen LogP contribution is -1.99. The Morgan fingerprint density at radius 3 is 2.68 bits per heavy atom. The maximum absolute atomic E-state index is 11.3. The Morgan fingerprint density at radius 1 is 1.09 bits per heavy atom. The van der Waals surface area contributed by atoms with Crippen LogP contribution in [0.25, 0.3) is 11.3 Å². The number of benzene rings is 1. The number of carbonyl (C=O) groups is 1. The minimum Gasteiger partial charge on any atom is -0.478 e. The number of pyridine rings is 1. The second-order valence-corrected chi connectivity index (χ2v) is 4.69. The number of nitrogens with zero attached hydrogens (tertiary/aromatic N) is 1. The monoisotopic (exact) mass is 294 g/mol. The summed E-state index contributed by atoms with van der Waals surface area (Å²) in [5.74, 6) is 1.03. The molecule has 0 aliphatic carbocycles. The van der Waals surface area contributed by atoms with Crippen LogP contribution in [0.2, 0.25) is 0 Å². The molecule has 0 fully saturated rings. The van der Waals surface area contributed by atoms with Crippen LogP contribution in [-0.2, 0) is 6.54 Å². The van der Waals surface area contributed by atoms with Gasteiger partial charge in [0.25, 0.3) is 0 Å². The van der Waals surface area contributed by atoms with E-state index in [2.05, 4.69) is 10.3 Å². The molecule has 2 aromatic heterocycles. The molecule has 0 unspecified atom stereocenters. The van der Waals surface area contributed by atoms with Gasteiger partial charge in [0.05, 0.1) is 12.1 Å². The first-order valence-electron chi connectivity index (χ1n) is 6.80. The smallest absolute Gasteiger partial charge is 0.336 e. The molecule has 0 bridgehead atoms. The highest BCUT2D eigenvalue weighted by atomic mass is 16.4. The lowest BCUT2D eigenvalue weighted by atomic mass is 10.1. The zero-order valence-corrected chi connectivity index (χ0v) is 11.7. The van der Waals surface area contributed by atoms with Gasteiger partial charge in [0.2, 0.25) is 0 Å². The first kappa shape index (κ1) is 13.9. The molecule has 0 aliphatic heterocycles. The molecular weight excluding hydrogens is 280 g/mol. The Balaban J connectivity index is 1.78. The predicted molar refractivity (Wildman–Crippen MR) is 82.7 cm³/mol. The summed E-state index contributed by atoms with van der Waals surface area (Å²) in [6.07, 6.45) is 1.71. The summed E-state index contributed by atoms with van der Waals surface area (Å²) < 4.78 is 5.73. The van der Waals surface area contributed by atoms with Gasteiger partial charge in [0.1, 0.15) is 17.3 Å². The summed E-state index contributed by atoms with van der Waals surface area (Å²) in [4.78, 5) is 15.4. The molecule has 0 spiro atoms. The molecule has 1 aromatic carbocycles. The zero-order valence-electron chi connectivity index (χ0n) is 11.7. The van der Waals surface area contributed by atoms with Crippen molar-refractivity contribution in [3.05, 3.63) is 72.1 Å². The lowest BCUT2D eigenvalue weighted by molar-refractivity contribution is 0.0697. The third-order valence-corrected chi connectivity index (χ3v) is 3.19. The molecular formula is C17H14N2O3. The standard InChI is InChI=1S/C17H14N2O3/c20-17(21)14-6-2-1-5-13(14)15-9-8-12(22-15)11-19-16-7-3-4-10-18-16/h1-10H,11H2,(H,18,19)(H,20,21). The van der Waals surface area contributed by atoms with Crippen molar-refractivity contribution in [2.75, 3.05) is 5.32 Å². The van der Waals surface area contributed by atoms with E-state index in [4.69, 9.17) is 4.42 Å². The normalized spacial score (nSPS) is 10.4. The molecule has 0 atom stereocenters. The van der Waals surface area contributed by atoms with Gasteiger partial charge in [0, 0.05) is 11.8 Å². The highest BCUT2D eigenvalue weighted by Gasteiger charge is 2.13. The second-order valence-electron chi connectivity index (χ2n) is 4.69. The first-order valence-corrected chi connectivity index (χ1v) is 6.80. The van der Waals surface area contributed by atoms with Gasteiger partial charge in [-0.1, -0.05) is 24.3 Å². The fourth-order valence-corrected chi connectivity index (χ4v) is 2.15. The van der Waals surface area contributed by atoms with Crippen molar-refractivity contribution < 1.29 is 14.3 Å². The van der Waals surface area contributed by atoms with Crippen molar-refractivity contribution in [1.29, 1.82) is 0 Å². The number of anilines is 1. The molecule has 3 rings (SSSR count). The van der Waals surface area contributed by atoms with Gasteiger partial charge in [-0.15, -0.1) is 0 Å². The summed E-state index contributed by atoms with van der Waals surface area (Å²) in [6.45, 7) is 0.478. The van der Waals surface area contributed by atoms with Gasteiger partial charge in [0.15, 0.2) is 0 Å². The van der Waals surface area contributed by atoms with Crippen molar-refractivity contribution in [2.45, 2.75) is 6.54 Å². The summed E-state index contributed by atoms with van der Waals surface area (Å²) in [7, 11) is 0. The number of nitrogens with one attached hydrogen (secondary N) is 1. The Bertz CT molecular complexity index is 781. The quantitative estimate of drug-likeness (QED) is 0.751. The minimum atomic E-state index is -0.972. The van der Waals surface area contributed by atoms with Crippen molar-refractivity contribution in [3.63, 3.8) is 0 Å². The molecule has 0 saturated heterocycles. The van der Waals surface area contributed by atoms with E-state index in [9.17, 15) is 9.90 Å². The van der Waals surface area contributed by atoms with Crippen LogP contribution in [0.1, 0.15) is 16.1 Å². The number of furan rings is 1. The highest BCUT2D eigenvalue weighted by Crippen LogP contribution is 2.26. The van der Waals surface area contributed by atoms with Crippen LogP contribution >= 0.6 is 0 Å². The molecule has 3 aromatic rings. The average Bonchev–Trinajstić information content (AvgIpc) is 3.03. The highest BCUT2D eigenvalue weighted by molar-refractivity contribution is 5.95. The van der Waals surface area contributed by atoms with Gasteiger partial charge >= 0.3 is 5.97 Å². The summed E-state index contributed by atoms with van der Waals surface area (Å²) in [5, 5.41) is 12.4. The Morgan fingerprint density at radius 2 is 1.91 bits per heavy atom. The van der Waals surface area contributed by atoms with Crippen LogP contribution in [0.15, 0.2) is 65.2 Å². The Kier molecular flexibility index (Phi) is 3.87. The largest absolute Gasteiger partial charge is 0.478 e. The number of carboxylic acids is 1. The van der Waals surface area contributed by atoms with Gasteiger partial charge in [-0.05, 0) is 30.3 Å². The van der Waals surface area contributed by atoms with E-state index in [1.807, 2.05) is 24.3 Å². The van der Waals surface area contributed by atoms with Crippen LogP contribution in [0, 0.1) is 0 Å². The Hall–Kier alpha value is -3.08. The summed E-state index contributed by atoms with van der Waals surface area (Å²) in [6, 6.07) is 16.0. The Labute approximate surface area is 127 Å². The number of aromatic nitrogens is 1. The van der Waals surface area contributed by atoms with Crippen LogP contribution in [0.3, 0.4) is 0 Å². The number of carboxylic acid groups (broad SMARTS) is 1. The molecule has 5 nitrogen and oxygen atoms in total. The zero-order chi connectivity index (χ0) is 15.4. The maximum atomic E-state index is 11.3. The topological polar surface area (TPSA) is 75.4 Å². The third-order valence-electron chi connectivity index (χ3n) is 3.19. The van der Waals surface area contributed by atoms with Gasteiger partial charge in [-0.2, -0.15) is 0 Å². The van der Waals surface area contributed by atoms with E-state index in [1.54, 1.807) is 36.5 Å². The van der Waals surface area contributed by atoms with E-state index in [0.29, 0.717) is 23.6 Å². The van der Waals surface area contributed by atoms with E-state index in [0.717, 1.165) is 5.82 Å². The van der Waals surface area contributed by atoms with Crippen LogP contribution in [0.5, 0.6) is 0 Å². The molecule has 5 heteroatoms. The van der Waals surface area contributed by atoms with Crippen molar-refractivity contribution in [2.24, 2.45) is 0 Å². The molecule has 0 saturated carbocycles. The number of hydrogen-bond donors (Lipinski definition) is 2.